The van der Waals surface area contributed by atoms with Crippen molar-refractivity contribution in [2.75, 3.05) is 13.7 Å². The van der Waals surface area contributed by atoms with Gasteiger partial charge < -0.3 is 10.1 Å². The zero-order chi connectivity index (χ0) is 16.4. The van der Waals surface area contributed by atoms with Crippen LogP contribution in [0.3, 0.4) is 0 Å². The molecule has 0 aliphatic rings. The summed E-state index contributed by atoms with van der Waals surface area (Å²) in [6, 6.07) is 2.63. The number of amides is 1. The maximum atomic E-state index is 12.2. The van der Waals surface area contributed by atoms with Crippen LogP contribution in [0.1, 0.15) is 29.8 Å². The number of hydrogen-bond acceptors (Lipinski definition) is 4. The topological polar surface area (TPSA) is 72.5 Å². The summed E-state index contributed by atoms with van der Waals surface area (Å²) in [5.41, 5.74) is 0.360. The van der Waals surface area contributed by atoms with Gasteiger partial charge in [0.25, 0.3) is 15.0 Å². The van der Waals surface area contributed by atoms with Crippen molar-refractivity contribution in [1.29, 1.82) is 0 Å². The highest BCUT2D eigenvalue weighted by Gasteiger charge is 2.21. The van der Waals surface area contributed by atoms with E-state index in [1.54, 1.807) is 14.0 Å². The van der Waals surface area contributed by atoms with Crippen molar-refractivity contribution in [1.82, 2.24) is 5.32 Å². The van der Waals surface area contributed by atoms with Crippen molar-refractivity contribution in [2.24, 2.45) is 0 Å². The second kappa shape index (κ2) is 6.64. The molecule has 118 valence electrons. The molecule has 0 aromatic heterocycles. The molecule has 0 spiro atoms. The Balaban J connectivity index is 3.13. The third kappa shape index (κ3) is 4.95. The number of carbonyl (C=O) groups excluding carboxylic acids is 1. The monoisotopic (exact) mass is 397 g/mol. The molecule has 1 rings (SSSR count). The number of ether oxygens (including phenoxy) is 1. The summed E-state index contributed by atoms with van der Waals surface area (Å²) in [6.07, 6.45) is 0. The zero-order valence-electron chi connectivity index (χ0n) is 12.2. The van der Waals surface area contributed by atoms with Gasteiger partial charge in [0, 0.05) is 34.4 Å². The summed E-state index contributed by atoms with van der Waals surface area (Å²) >= 11 is 3.23. The lowest BCUT2D eigenvalue weighted by molar-refractivity contribution is 0.0228. The molecule has 0 heterocycles. The minimum Gasteiger partial charge on any atom is -0.377 e. The highest BCUT2D eigenvalue weighted by Crippen LogP contribution is 2.26. The largest absolute Gasteiger partial charge is 0.377 e. The van der Waals surface area contributed by atoms with Crippen molar-refractivity contribution in [2.45, 2.75) is 31.3 Å². The molecule has 5 nitrogen and oxygen atoms in total. The number of benzene rings is 1. The standard InChI is InChI=1S/C13H17BrClNO4S/c1-8-10(12(17)16-7-13(2,3)20-4)5-9(6-11(8)14)21(15,18)19/h5-6H,7H2,1-4H3,(H,16,17). The second-order valence-corrected chi connectivity index (χ2v) is 8.58. The lowest BCUT2D eigenvalue weighted by Crippen LogP contribution is -2.40. The molecule has 1 aromatic rings. The quantitative estimate of drug-likeness (QED) is 0.774. The fourth-order valence-electron chi connectivity index (χ4n) is 1.49. The normalized spacial score (nSPS) is 12.3. The second-order valence-electron chi connectivity index (χ2n) is 5.16. The van der Waals surface area contributed by atoms with E-state index in [9.17, 15) is 13.2 Å². The molecule has 1 aromatic carbocycles. The first-order valence-electron chi connectivity index (χ1n) is 6.06. The number of hydrogen-bond donors (Lipinski definition) is 1. The number of carbonyl (C=O) groups is 1. The van der Waals surface area contributed by atoms with E-state index in [2.05, 4.69) is 21.2 Å². The minimum atomic E-state index is -3.91. The third-order valence-electron chi connectivity index (χ3n) is 3.07. The summed E-state index contributed by atoms with van der Waals surface area (Å²) < 4.78 is 28.6. The van der Waals surface area contributed by atoms with E-state index in [0.29, 0.717) is 10.0 Å². The molecule has 0 atom stereocenters. The van der Waals surface area contributed by atoms with Crippen molar-refractivity contribution in [3.05, 3.63) is 27.7 Å². The van der Waals surface area contributed by atoms with Crippen LogP contribution in [0.4, 0.5) is 0 Å². The summed E-state index contributed by atoms with van der Waals surface area (Å²) in [5, 5.41) is 2.71. The molecule has 0 unspecified atom stereocenters. The van der Waals surface area contributed by atoms with Crippen LogP contribution in [0.5, 0.6) is 0 Å². The van der Waals surface area contributed by atoms with E-state index in [1.807, 2.05) is 13.8 Å². The third-order valence-corrected chi connectivity index (χ3v) is 5.23. The summed E-state index contributed by atoms with van der Waals surface area (Å²) in [4.78, 5) is 12.1. The molecule has 0 bridgehead atoms. The average molecular weight is 399 g/mol. The van der Waals surface area contributed by atoms with Gasteiger partial charge in [-0.2, -0.15) is 0 Å². The van der Waals surface area contributed by atoms with Crippen LogP contribution in [-0.4, -0.2) is 33.6 Å². The minimum absolute atomic E-state index is 0.127. The molecule has 0 radical (unpaired) electrons. The summed E-state index contributed by atoms with van der Waals surface area (Å²) in [6.45, 7) is 5.66. The van der Waals surface area contributed by atoms with Crippen molar-refractivity contribution in [3.63, 3.8) is 0 Å². The molecule has 1 amide bonds. The van der Waals surface area contributed by atoms with Gasteiger partial charge in [-0.1, -0.05) is 15.9 Å². The molecule has 0 aliphatic carbocycles. The Hall–Kier alpha value is -0.630. The van der Waals surface area contributed by atoms with Crippen LogP contribution in [0.25, 0.3) is 0 Å². The van der Waals surface area contributed by atoms with Crippen LogP contribution >= 0.6 is 26.6 Å². The zero-order valence-corrected chi connectivity index (χ0v) is 15.3. The Kier molecular flexibility index (Phi) is 5.83. The van der Waals surface area contributed by atoms with Crippen molar-refractivity contribution < 1.29 is 17.9 Å². The van der Waals surface area contributed by atoms with Gasteiger partial charge in [0.2, 0.25) is 0 Å². The maximum absolute atomic E-state index is 12.2. The smallest absolute Gasteiger partial charge is 0.261 e. The fourth-order valence-corrected chi connectivity index (χ4v) is 2.89. The van der Waals surface area contributed by atoms with Crippen molar-refractivity contribution >= 4 is 41.6 Å². The first-order chi connectivity index (χ1) is 9.48. The highest BCUT2D eigenvalue weighted by molar-refractivity contribution is 9.10. The molecule has 0 fully saturated rings. The van der Waals surface area contributed by atoms with Crippen LogP contribution in [0.2, 0.25) is 0 Å². The Morgan fingerprint density at radius 1 is 1.43 bits per heavy atom. The summed E-state index contributed by atoms with van der Waals surface area (Å²) in [7, 11) is 2.97. The van der Waals surface area contributed by atoms with E-state index < -0.39 is 14.7 Å². The summed E-state index contributed by atoms with van der Waals surface area (Å²) in [5.74, 6) is -0.388. The predicted octanol–water partition coefficient (Wildman–Crippen LogP) is 2.84. The van der Waals surface area contributed by atoms with Gasteiger partial charge in [-0.05, 0) is 38.5 Å². The first kappa shape index (κ1) is 18.4. The number of rotatable bonds is 5. The Labute approximate surface area is 137 Å². The van der Waals surface area contributed by atoms with Gasteiger partial charge in [-0.3, -0.25) is 4.79 Å². The lowest BCUT2D eigenvalue weighted by Gasteiger charge is -2.23. The van der Waals surface area contributed by atoms with Gasteiger partial charge >= 0.3 is 0 Å². The van der Waals surface area contributed by atoms with E-state index in [0.717, 1.165) is 0 Å². The van der Waals surface area contributed by atoms with E-state index >= 15 is 0 Å². The van der Waals surface area contributed by atoms with E-state index in [4.69, 9.17) is 15.4 Å². The average Bonchev–Trinajstić information content (AvgIpc) is 2.38. The van der Waals surface area contributed by atoms with Gasteiger partial charge in [0.1, 0.15) is 0 Å². The highest BCUT2D eigenvalue weighted by atomic mass is 79.9. The number of halogens is 2. The van der Waals surface area contributed by atoms with Gasteiger partial charge in [-0.15, -0.1) is 0 Å². The van der Waals surface area contributed by atoms with Crippen molar-refractivity contribution in [3.8, 4) is 0 Å². The molecule has 0 aliphatic heterocycles. The SMILES string of the molecule is COC(C)(C)CNC(=O)c1cc(S(=O)(=O)Cl)cc(Br)c1C. The van der Waals surface area contributed by atoms with E-state index in [-0.39, 0.29) is 22.9 Å². The number of methoxy groups -OCH3 is 1. The van der Waals surface area contributed by atoms with Crippen LogP contribution < -0.4 is 5.32 Å². The molecule has 8 heteroatoms. The van der Waals surface area contributed by atoms with Crippen LogP contribution in [0.15, 0.2) is 21.5 Å². The van der Waals surface area contributed by atoms with Gasteiger partial charge in [0.05, 0.1) is 10.5 Å². The Morgan fingerprint density at radius 2 is 2.00 bits per heavy atom. The lowest BCUT2D eigenvalue weighted by atomic mass is 10.1. The van der Waals surface area contributed by atoms with Crippen LogP contribution in [0, 0.1) is 6.92 Å². The molecule has 0 saturated carbocycles. The molecule has 21 heavy (non-hydrogen) atoms. The molecular weight excluding hydrogens is 382 g/mol. The Bertz CT molecular complexity index is 658. The molecule has 0 saturated heterocycles. The number of nitrogens with one attached hydrogen (secondary N) is 1. The predicted molar refractivity (Wildman–Crippen MR) is 85.3 cm³/mol. The van der Waals surface area contributed by atoms with Gasteiger partial charge in [-0.25, -0.2) is 8.42 Å². The maximum Gasteiger partial charge on any atom is 0.261 e. The Morgan fingerprint density at radius 3 is 2.48 bits per heavy atom. The molecular formula is C13H17BrClNO4S. The van der Waals surface area contributed by atoms with Gasteiger partial charge in [0.15, 0.2) is 0 Å². The van der Waals surface area contributed by atoms with E-state index in [1.165, 1.54) is 12.1 Å². The molecule has 1 N–H and O–H groups in total. The fraction of sp³-hybridized carbons (Fsp3) is 0.462. The first-order valence-corrected chi connectivity index (χ1v) is 9.16. The van der Waals surface area contributed by atoms with Crippen LogP contribution in [-0.2, 0) is 13.8 Å².